The van der Waals surface area contributed by atoms with Crippen LogP contribution in [0.1, 0.15) is 0 Å². The molecule has 0 aliphatic heterocycles. The zero-order chi connectivity index (χ0) is 0. The minimum Gasteiger partial charge on any atom is 0 e. The zero-order valence-corrected chi connectivity index (χ0v) is 5.40. The summed E-state index contributed by atoms with van der Waals surface area (Å²) in [5.41, 5.74) is 0. The van der Waals surface area contributed by atoms with E-state index in [9.17, 15) is 0 Å². The quantitative estimate of drug-likeness (QED) is 0.494. The first kappa shape index (κ1) is 28.7. The van der Waals surface area contributed by atoms with Crippen molar-refractivity contribution in [3.63, 3.8) is 0 Å². The van der Waals surface area contributed by atoms with Gasteiger partial charge in [-0.15, -0.1) is 0 Å². The van der Waals surface area contributed by atoms with Crippen molar-refractivity contribution in [2.75, 3.05) is 0 Å². The predicted molar refractivity (Wildman–Crippen MR) is 9.94 cm³/mol. The maximum atomic E-state index is 0. The molecule has 2 radical (unpaired) electrons. The Morgan fingerprint density at radius 2 is 1.00 bits per heavy atom. The third-order valence-electron chi connectivity index (χ3n) is 0. The molecule has 0 fully saturated rings. The van der Waals surface area contributed by atoms with Crippen molar-refractivity contribution in [3.05, 3.63) is 0 Å². The van der Waals surface area contributed by atoms with Crippen LogP contribution in [0.5, 0.6) is 0 Å². The molecule has 0 nitrogen and oxygen atoms in total. The summed E-state index contributed by atoms with van der Waals surface area (Å²) in [5.74, 6) is 0. The zero-order valence-electron chi connectivity index (χ0n) is 1.04. The summed E-state index contributed by atoms with van der Waals surface area (Å²) >= 11 is 0. The van der Waals surface area contributed by atoms with E-state index in [1.165, 1.54) is 0 Å². The Bertz CT molecular complexity index is 8.00. The van der Waals surface area contributed by atoms with Crippen molar-refractivity contribution in [1.82, 2.24) is 0 Å². The van der Waals surface area contributed by atoms with Gasteiger partial charge in [0.15, 0.2) is 17.4 Å². The molecule has 32 valence electrons. The topological polar surface area (TPSA) is 0 Å². The molecule has 0 aromatic carbocycles. The Labute approximate surface area is 88.6 Å². The van der Waals surface area contributed by atoms with Crippen molar-refractivity contribution in [2.24, 2.45) is 0 Å². The van der Waals surface area contributed by atoms with Gasteiger partial charge in [-0.25, -0.2) is 0 Å². The first-order chi connectivity index (χ1) is 0. The first-order valence-corrected chi connectivity index (χ1v) is 0. The van der Waals surface area contributed by atoms with E-state index in [-0.39, 0.29) is 90.4 Å². The van der Waals surface area contributed by atoms with Gasteiger partial charge in [0.2, 0.25) is 0 Å². The molecule has 0 aromatic rings. The summed E-state index contributed by atoms with van der Waals surface area (Å²) in [6.07, 6.45) is 0. The largest absolute Gasteiger partial charge is 0.187 e. The fourth-order valence-electron chi connectivity index (χ4n) is 0. The second kappa shape index (κ2) is 16.9. The molecule has 0 saturated heterocycles. The van der Waals surface area contributed by atoms with Gasteiger partial charge < -0.3 is 0 Å². The summed E-state index contributed by atoms with van der Waals surface area (Å²) in [6, 6.07) is 0. The maximum absolute atomic E-state index is 0. The van der Waals surface area contributed by atoms with Gasteiger partial charge in [0.25, 0.3) is 0 Å². The van der Waals surface area contributed by atoms with E-state index < -0.39 is 0 Å². The van der Waals surface area contributed by atoms with Crippen LogP contribution >= 0.6 is 0 Å². The molecule has 0 rings (SSSR count). The van der Waals surface area contributed by atoms with Crippen molar-refractivity contribution in [3.8, 4) is 0 Å². The fraction of sp³-hybridized carbons (Fsp3) is 0. The van der Waals surface area contributed by atoms with E-state index in [0.29, 0.717) is 0 Å². The van der Waals surface area contributed by atoms with Crippen LogP contribution in [0.3, 0.4) is 0 Å². The molecule has 0 N–H and O–H groups in total. The molecule has 0 bridgehead atoms. The van der Waals surface area contributed by atoms with Crippen LogP contribution < -0.4 is 0 Å². The van der Waals surface area contributed by atoms with Crippen molar-refractivity contribution < 1.29 is 73.0 Å². The smallest absolute Gasteiger partial charge is 0 e. The van der Waals surface area contributed by atoms with E-state index in [1.807, 2.05) is 0 Å². The van der Waals surface area contributed by atoms with Crippen LogP contribution in [0.2, 0.25) is 0 Å². The van der Waals surface area contributed by atoms with Gasteiger partial charge in [0.05, 0.1) is 0 Å². The average molecular weight is 304 g/mol. The molecular formula is H3AlCrCuTb. The summed E-state index contributed by atoms with van der Waals surface area (Å²) in [7, 11) is 0. The second-order valence-electron chi connectivity index (χ2n) is 0. The van der Waals surface area contributed by atoms with Gasteiger partial charge in [0.1, 0.15) is 0 Å². The normalized spacial score (nSPS) is 0. The molecule has 0 heterocycles. The fourth-order valence-corrected chi connectivity index (χ4v) is 0. The Kier molecular flexibility index (Phi) is 121. The number of rotatable bonds is 0. The molecule has 0 unspecified atom stereocenters. The van der Waals surface area contributed by atoms with E-state index in [2.05, 4.69) is 0 Å². The van der Waals surface area contributed by atoms with E-state index in [4.69, 9.17) is 0 Å². The van der Waals surface area contributed by atoms with E-state index in [0.717, 1.165) is 0 Å². The summed E-state index contributed by atoms with van der Waals surface area (Å²) in [4.78, 5) is 0. The van der Waals surface area contributed by atoms with Crippen LogP contribution in [-0.2, 0) is 34.4 Å². The monoisotopic (exact) mass is 304 g/mol. The molecule has 0 aliphatic carbocycles. The van der Waals surface area contributed by atoms with Crippen LogP contribution in [0.25, 0.3) is 0 Å². The molecule has 0 atom stereocenters. The Hall–Kier alpha value is 2.87. The maximum Gasteiger partial charge on any atom is 0.187 e. The Morgan fingerprint density at radius 3 is 1.00 bits per heavy atom. The molecule has 0 aromatic heterocycles. The van der Waals surface area contributed by atoms with Gasteiger partial charge in [-0.2, -0.15) is 0 Å². The minimum atomic E-state index is 0. The number of hydrogen-bond donors (Lipinski definition) is 0. The van der Waals surface area contributed by atoms with Crippen LogP contribution in [0.4, 0.5) is 0 Å². The third kappa shape index (κ3) is 8.85. The molecule has 0 aliphatic rings. The standard InChI is InChI=1S/Al.Cr.Cu.Tb.3H. The van der Waals surface area contributed by atoms with Gasteiger partial charge in [-0.05, 0) is 0 Å². The van der Waals surface area contributed by atoms with Crippen LogP contribution in [0, 0.1) is 38.6 Å². The molecular weight excluding hydrogens is 301 g/mol. The van der Waals surface area contributed by atoms with Crippen LogP contribution in [0.15, 0.2) is 0 Å². The van der Waals surface area contributed by atoms with Crippen LogP contribution in [-0.4, -0.2) is 17.4 Å². The molecule has 4 heavy (non-hydrogen) atoms. The SMILES string of the molecule is [AlH3].[Cr].[Cu].[Tb]. The molecule has 0 spiro atoms. The summed E-state index contributed by atoms with van der Waals surface area (Å²) in [6.45, 7) is 0. The van der Waals surface area contributed by atoms with E-state index >= 15 is 0 Å². The summed E-state index contributed by atoms with van der Waals surface area (Å²) in [5, 5.41) is 0. The van der Waals surface area contributed by atoms with Gasteiger partial charge in [0, 0.05) is 73.0 Å². The average Bonchev–Trinajstić information content (AvgIpc) is 0. The van der Waals surface area contributed by atoms with Crippen molar-refractivity contribution in [2.45, 2.75) is 0 Å². The second-order valence-corrected chi connectivity index (χ2v) is 0. The van der Waals surface area contributed by atoms with Gasteiger partial charge >= 0.3 is 0 Å². The molecule has 0 saturated carbocycles. The number of hydrogen-bond acceptors (Lipinski definition) is 0. The van der Waals surface area contributed by atoms with Gasteiger partial charge in [-0.3, -0.25) is 0 Å². The van der Waals surface area contributed by atoms with Crippen molar-refractivity contribution in [1.29, 1.82) is 0 Å². The summed E-state index contributed by atoms with van der Waals surface area (Å²) < 4.78 is 0. The van der Waals surface area contributed by atoms with E-state index in [1.54, 1.807) is 0 Å². The third-order valence-corrected chi connectivity index (χ3v) is 0. The minimum absolute atomic E-state index is 0. The Balaban J connectivity index is 0. The molecule has 4 heteroatoms. The van der Waals surface area contributed by atoms with Gasteiger partial charge in [-0.1, -0.05) is 0 Å². The molecule has 0 amide bonds. The van der Waals surface area contributed by atoms with Crippen molar-refractivity contribution >= 4 is 17.4 Å². The predicted octanol–water partition coefficient (Wildman–Crippen LogP) is -1.19. The first-order valence-electron chi connectivity index (χ1n) is 0. The Morgan fingerprint density at radius 1 is 1.00 bits per heavy atom.